The van der Waals surface area contributed by atoms with Gasteiger partial charge in [-0.15, -0.1) is 0 Å². The van der Waals surface area contributed by atoms with Crippen LogP contribution in [0.15, 0.2) is 0 Å². The summed E-state index contributed by atoms with van der Waals surface area (Å²) in [5.41, 5.74) is 0. The van der Waals surface area contributed by atoms with Crippen molar-refractivity contribution in [3.05, 3.63) is 0 Å². The molecule has 96 valence electrons. The summed E-state index contributed by atoms with van der Waals surface area (Å²) in [6.07, 6.45) is 10.1. The van der Waals surface area contributed by atoms with Crippen LogP contribution in [0.1, 0.15) is 58.3 Å². The second-order valence-corrected chi connectivity index (χ2v) is 3.99. The number of unbranched alkanes of at least 4 members (excludes halogenated alkanes) is 7. The SMILES string of the molecule is CCCCCCCCCCOCOB(O)O. The quantitative estimate of drug-likeness (QED) is 0.307. The first-order valence-corrected chi connectivity index (χ1v) is 6.33. The molecule has 2 N–H and O–H groups in total. The molecule has 0 aromatic rings. The highest BCUT2D eigenvalue weighted by Gasteiger charge is 2.06. The molecular weight excluding hydrogens is 207 g/mol. The second-order valence-electron chi connectivity index (χ2n) is 3.99. The maximum atomic E-state index is 8.35. The third-order valence-corrected chi connectivity index (χ3v) is 2.44. The molecule has 0 atom stereocenters. The first-order valence-electron chi connectivity index (χ1n) is 6.33. The minimum absolute atomic E-state index is 0.0475. The number of ether oxygens (including phenoxy) is 1. The summed E-state index contributed by atoms with van der Waals surface area (Å²) in [7, 11) is -1.72. The van der Waals surface area contributed by atoms with Crippen molar-refractivity contribution in [2.24, 2.45) is 0 Å². The van der Waals surface area contributed by atoms with Crippen molar-refractivity contribution in [2.75, 3.05) is 13.4 Å². The second kappa shape index (κ2) is 13.0. The molecule has 0 saturated carbocycles. The van der Waals surface area contributed by atoms with E-state index in [0.29, 0.717) is 6.61 Å². The molecule has 0 saturated heterocycles. The van der Waals surface area contributed by atoms with Crippen molar-refractivity contribution in [3.8, 4) is 0 Å². The summed E-state index contributed by atoms with van der Waals surface area (Å²) in [6.45, 7) is 2.80. The average molecular weight is 232 g/mol. The molecule has 0 aliphatic carbocycles. The maximum Gasteiger partial charge on any atom is 0.635 e. The van der Waals surface area contributed by atoms with Gasteiger partial charge in [-0.25, -0.2) is 0 Å². The molecule has 0 unspecified atom stereocenters. The fourth-order valence-electron chi connectivity index (χ4n) is 1.51. The Morgan fingerprint density at radius 1 is 0.875 bits per heavy atom. The Kier molecular flexibility index (Phi) is 12.9. The molecule has 16 heavy (non-hydrogen) atoms. The van der Waals surface area contributed by atoms with Crippen LogP contribution in [0, 0.1) is 0 Å². The Bertz CT molecular complexity index is 133. The standard InChI is InChI=1S/C11H25BO4/c1-2-3-4-5-6-7-8-9-10-15-11-16-12(13)14/h13-14H,2-11H2,1H3. The Morgan fingerprint density at radius 2 is 1.44 bits per heavy atom. The van der Waals surface area contributed by atoms with Crippen LogP contribution in [0.4, 0.5) is 0 Å². The van der Waals surface area contributed by atoms with E-state index in [1.54, 1.807) is 0 Å². The van der Waals surface area contributed by atoms with Crippen molar-refractivity contribution >= 4 is 7.32 Å². The van der Waals surface area contributed by atoms with Gasteiger partial charge in [-0.2, -0.15) is 0 Å². The van der Waals surface area contributed by atoms with Gasteiger partial charge in [0.05, 0.1) is 0 Å². The first kappa shape index (κ1) is 15.9. The van der Waals surface area contributed by atoms with Crippen LogP contribution in [0.5, 0.6) is 0 Å². The molecule has 0 aliphatic rings. The molecule has 0 aromatic heterocycles. The molecule has 0 rings (SSSR count). The Labute approximate surface area is 99.1 Å². The highest BCUT2D eigenvalue weighted by Crippen LogP contribution is 2.08. The summed E-state index contributed by atoms with van der Waals surface area (Å²) < 4.78 is 9.45. The highest BCUT2D eigenvalue weighted by molar-refractivity contribution is 6.32. The molecule has 0 bridgehead atoms. The molecule has 0 radical (unpaired) electrons. The molecular formula is C11H25BO4. The highest BCUT2D eigenvalue weighted by atomic mass is 16.7. The van der Waals surface area contributed by atoms with E-state index < -0.39 is 7.32 Å². The zero-order valence-corrected chi connectivity index (χ0v) is 10.4. The van der Waals surface area contributed by atoms with Crippen molar-refractivity contribution in [2.45, 2.75) is 58.3 Å². The van der Waals surface area contributed by atoms with Crippen LogP contribution >= 0.6 is 0 Å². The summed E-state index contributed by atoms with van der Waals surface area (Å²) in [6, 6.07) is 0. The molecule has 5 heteroatoms. The number of hydrogen-bond acceptors (Lipinski definition) is 4. The lowest BCUT2D eigenvalue weighted by Gasteiger charge is -2.04. The zero-order valence-electron chi connectivity index (χ0n) is 10.4. The minimum Gasteiger partial charge on any atom is -0.402 e. The smallest absolute Gasteiger partial charge is 0.402 e. The topological polar surface area (TPSA) is 58.9 Å². The van der Waals surface area contributed by atoms with Crippen LogP contribution in [-0.4, -0.2) is 30.8 Å². The molecule has 0 spiro atoms. The predicted octanol–water partition coefficient (Wildman–Crippen LogP) is 2.09. The minimum atomic E-state index is -1.72. The molecule has 0 amide bonds. The Balaban J connectivity index is 2.88. The van der Waals surface area contributed by atoms with Crippen LogP contribution in [-0.2, 0) is 9.39 Å². The summed E-state index contributed by atoms with van der Waals surface area (Å²) >= 11 is 0. The third kappa shape index (κ3) is 13.9. The van der Waals surface area contributed by atoms with Gasteiger partial charge >= 0.3 is 7.32 Å². The molecule has 0 aromatic carbocycles. The van der Waals surface area contributed by atoms with Crippen LogP contribution in [0.25, 0.3) is 0 Å². The normalized spacial score (nSPS) is 10.7. The lowest BCUT2D eigenvalue weighted by molar-refractivity contribution is -0.0121. The molecule has 0 fully saturated rings. The van der Waals surface area contributed by atoms with E-state index >= 15 is 0 Å². The van der Waals surface area contributed by atoms with Crippen molar-refractivity contribution in [1.29, 1.82) is 0 Å². The van der Waals surface area contributed by atoms with Gasteiger partial charge in [-0.3, -0.25) is 0 Å². The lowest BCUT2D eigenvalue weighted by Crippen LogP contribution is -2.18. The van der Waals surface area contributed by atoms with Crippen molar-refractivity contribution < 1.29 is 19.4 Å². The summed E-state index contributed by atoms with van der Waals surface area (Å²) in [5.74, 6) is 0. The monoisotopic (exact) mass is 232 g/mol. The average Bonchev–Trinajstić information content (AvgIpc) is 2.25. The van der Waals surface area contributed by atoms with E-state index in [1.807, 2.05) is 0 Å². The van der Waals surface area contributed by atoms with Gasteiger partial charge in [0, 0.05) is 6.61 Å². The maximum absolute atomic E-state index is 8.35. The number of hydrogen-bond donors (Lipinski definition) is 2. The fraction of sp³-hybridized carbons (Fsp3) is 1.00. The van der Waals surface area contributed by atoms with E-state index in [1.165, 1.54) is 44.9 Å². The van der Waals surface area contributed by atoms with E-state index in [9.17, 15) is 0 Å². The van der Waals surface area contributed by atoms with Crippen LogP contribution in [0.3, 0.4) is 0 Å². The predicted molar refractivity (Wildman–Crippen MR) is 64.7 cm³/mol. The van der Waals surface area contributed by atoms with Gasteiger partial charge in [-0.05, 0) is 6.42 Å². The van der Waals surface area contributed by atoms with Gasteiger partial charge in [0.2, 0.25) is 0 Å². The Hall–Kier alpha value is -0.0951. The molecule has 4 nitrogen and oxygen atoms in total. The number of rotatable bonds is 12. The van der Waals surface area contributed by atoms with E-state index in [0.717, 1.165) is 6.42 Å². The van der Waals surface area contributed by atoms with Gasteiger partial charge in [0.25, 0.3) is 0 Å². The largest absolute Gasteiger partial charge is 0.635 e. The fourth-order valence-corrected chi connectivity index (χ4v) is 1.51. The van der Waals surface area contributed by atoms with Gasteiger partial charge in [0.1, 0.15) is 6.79 Å². The van der Waals surface area contributed by atoms with E-state index in [2.05, 4.69) is 11.6 Å². The van der Waals surface area contributed by atoms with Crippen molar-refractivity contribution in [3.63, 3.8) is 0 Å². The van der Waals surface area contributed by atoms with Gasteiger partial charge < -0.3 is 19.4 Å². The Morgan fingerprint density at radius 3 is 2.00 bits per heavy atom. The summed E-state index contributed by atoms with van der Waals surface area (Å²) in [4.78, 5) is 0. The summed E-state index contributed by atoms with van der Waals surface area (Å²) in [5, 5.41) is 16.7. The molecule has 0 heterocycles. The van der Waals surface area contributed by atoms with E-state index in [-0.39, 0.29) is 6.79 Å². The van der Waals surface area contributed by atoms with Crippen molar-refractivity contribution in [1.82, 2.24) is 0 Å². The molecule has 0 aliphatic heterocycles. The van der Waals surface area contributed by atoms with E-state index in [4.69, 9.17) is 14.8 Å². The third-order valence-electron chi connectivity index (χ3n) is 2.44. The first-order chi connectivity index (χ1) is 7.77. The zero-order chi connectivity index (χ0) is 12.1. The van der Waals surface area contributed by atoms with Gasteiger partial charge in [-0.1, -0.05) is 51.9 Å². The lowest BCUT2D eigenvalue weighted by atomic mass is 10.1. The van der Waals surface area contributed by atoms with Gasteiger partial charge in [0.15, 0.2) is 0 Å². The van der Waals surface area contributed by atoms with Crippen LogP contribution < -0.4 is 0 Å². The van der Waals surface area contributed by atoms with Crippen LogP contribution in [0.2, 0.25) is 0 Å².